The van der Waals surface area contributed by atoms with Gasteiger partial charge in [0.05, 0.1) is 16.9 Å². The molecule has 0 fully saturated rings. The fourth-order valence-electron chi connectivity index (χ4n) is 2.02. The molecule has 3 rings (SSSR count). The molecule has 1 aromatic carbocycles. The minimum atomic E-state index is 1.05. The van der Waals surface area contributed by atoms with E-state index in [1.165, 1.54) is 10.9 Å². The highest BCUT2D eigenvalue weighted by Crippen LogP contribution is 2.21. The standard InChI is InChI=1S/C14H12N2/c1-11-13(7-4-9-15-11)16-10-8-12-5-2-3-6-14(12)16/h2-10H,1H3. The molecular formula is C14H12N2. The van der Waals surface area contributed by atoms with Gasteiger partial charge in [-0.1, -0.05) is 18.2 Å². The number of nitrogens with zero attached hydrogens (tertiary/aromatic N) is 2. The van der Waals surface area contributed by atoms with Crippen LogP contribution in [0, 0.1) is 6.92 Å². The Kier molecular flexibility index (Phi) is 2.00. The summed E-state index contributed by atoms with van der Waals surface area (Å²) in [5.74, 6) is 0. The van der Waals surface area contributed by atoms with Crippen LogP contribution in [0.4, 0.5) is 0 Å². The van der Waals surface area contributed by atoms with Gasteiger partial charge in [-0.3, -0.25) is 4.98 Å². The summed E-state index contributed by atoms with van der Waals surface area (Å²) < 4.78 is 2.18. The summed E-state index contributed by atoms with van der Waals surface area (Å²) in [7, 11) is 0. The van der Waals surface area contributed by atoms with E-state index in [-0.39, 0.29) is 0 Å². The Balaban J connectivity index is 2.31. The van der Waals surface area contributed by atoms with Crippen LogP contribution < -0.4 is 0 Å². The maximum atomic E-state index is 4.32. The van der Waals surface area contributed by atoms with E-state index >= 15 is 0 Å². The fraction of sp³-hybridized carbons (Fsp3) is 0.0714. The van der Waals surface area contributed by atoms with Gasteiger partial charge in [-0.2, -0.15) is 0 Å². The lowest BCUT2D eigenvalue weighted by atomic mass is 10.2. The molecule has 16 heavy (non-hydrogen) atoms. The van der Waals surface area contributed by atoms with E-state index in [1.54, 1.807) is 0 Å². The molecular weight excluding hydrogens is 196 g/mol. The molecule has 0 atom stereocenters. The molecule has 0 amide bonds. The van der Waals surface area contributed by atoms with Crippen LogP contribution in [0.5, 0.6) is 0 Å². The van der Waals surface area contributed by atoms with E-state index in [2.05, 4.69) is 52.1 Å². The van der Waals surface area contributed by atoms with Crippen molar-refractivity contribution in [3.8, 4) is 5.69 Å². The van der Waals surface area contributed by atoms with E-state index in [1.807, 2.05) is 19.2 Å². The van der Waals surface area contributed by atoms with Gasteiger partial charge in [-0.25, -0.2) is 0 Å². The van der Waals surface area contributed by atoms with Crippen LogP contribution in [0.15, 0.2) is 54.9 Å². The zero-order chi connectivity index (χ0) is 11.0. The van der Waals surface area contributed by atoms with Crippen molar-refractivity contribution in [1.82, 2.24) is 9.55 Å². The number of aryl methyl sites for hydroxylation is 1. The highest BCUT2D eigenvalue weighted by Gasteiger charge is 2.04. The third kappa shape index (κ3) is 1.31. The average molecular weight is 208 g/mol. The molecule has 0 spiro atoms. The van der Waals surface area contributed by atoms with Gasteiger partial charge in [-0.05, 0) is 36.6 Å². The number of para-hydroxylation sites is 1. The Labute approximate surface area is 94.2 Å². The van der Waals surface area contributed by atoms with E-state index in [9.17, 15) is 0 Å². The van der Waals surface area contributed by atoms with Crippen LogP contribution >= 0.6 is 0 Å². The van der Waals surface area contributed by atoms with Crippen molar-refractivity contribution >= 4 is 10.9 Å². The lowest BCUT2D eigenvalue weighted by Gasteiger charge is -2.07. The molecule has 3 aromatic rings. The molecule has 0 aliphatic rings. The van der Waals surface area contributed by atoms with Gasteiger partial charge in [0.25, 0.3) is 0 Å². The lowest BCUT2D eigenvalue weighted by molar-refractivity contribution is 1.05. The molecule has 2 aromatic heterocycles. The minimum Gasteiger partial charge on any atom is -0.315 e. The smallest absolute Gasteiger partial charge is 0.0668 e. The Morgan fingerprint density at radius 3 is 2.75 bits per heavy atom. The van der Waals surface area contributed by atoms with Crippen LogP contribution in [-0.4, -0.2) is 9.55 Å². The van der Waals surface area contributed by atoms with Gasteiger partial charge in [0.2, 0.25) is 0 Å². The predicted molar refractivity (Wildman–Crippen MR) is 65.8 cm³/mol. The molecule has 2 heteroatoms. The molecule has 0 N–H and O–H groups in total. The van der Waals surface area contributed by atoms with Crippen molar-refractivity contribution in [2.45, 2.75) is 6.92 Å². The van der Waals surface area contributed by atoms with Crippen LogP contribution in [0.1, 0.15) is 5.69 Å². The SMILES string of the molecule is Cc1ncccc1-n1ccc2ccccc21. The van der Waals surface area contributed by atoms with E-state index in [0.717, 1.165) is 11.4 Å². The highest BCUT2D eigenvalue weighted by molar-refractivity contribution is 5.81. The number of aromatic nitrogens is 2. The normalized spacial score (nSPS) is 10.8. The first-order chi connectivity index (χ1) is 7.86. The molecule has 0 aliphatic carbocycles. The number of fused-ring (bicyclic) bond motifs is 1. The first-order valence-electron chi connectivity index (χ1n) is 5.34. The summed E-state index contributed by atoms with van der Waals surface area (Å²) in [6.45, 7) is 2.03. The Bertz CT molecular complexity index is 638. The second kappa shape index (κ2) is 3.49. The molecule has 0 saturated carbocycles. The second-order valence-corrected chi connectivity index (χ2v) is 3.85. The first kappa shape index (κ1) is 9.16. The largest absolute Gasteiger partial charge is 0.315 e. The summed E-state index contributed by atoms with van der Waals surface area (Å²) in [6.07, 6.45) is 3.92. The first-order valence-corrected chi connectivity index (χ1v) is 5.34. The molecule has 78 valence electrons. The third-order valence-electron chi connectivity index (χ3n) is 2.84. The fourth-order valence-corrected chi connectivity index (χ4v) is 2.02. The highest BCUT2D eigenvalue weighted by atomic mass is 15.0. The molecule has 0 aliphatic heterocycles. The monoisotopic (exact) mass is 208 g/mol. The van der Waals surface area contributed by atoms with Crippen molar-refractivity contribution in [1.29, 1.82) is 0 Å². The van der Waals surface area contributed by atoms with Crippen molar-refractivity contribution in [3.05, 3.63) is 60.6 Å². The van der Waals surface area contributed by atoms with Gasteiger partial charge < -0.3 is 4.57 Å². The second-order valence-electron chi connectivity index (χ2n) is 3.85. The number of pyridine rings is 1. The Morgan fingerprint density at radius 1 is 1.00 bits per heavy atom. The quantitative estimate of drug-likeness (QED) is 0.599. The molecule has 0 unspecified atom stereocenters. The Hall–Kier alpha value is -2.09. The van der Waals surface area contributed by atoms with Crippen molar-refractivity contribution in [3.63, 3.8) is 0 Å². The van der Waals surface area contributed by atoms with Crippen LogP contribution in [0.2, 0.25) is 0 Å². The van der Waals surface area contributed by atoms with Gasteiger partial charge in [0, 0.05) is 12.4 Å². The van der Waals surface area contributed by atoms with Gasteiger partial charge >= 0.3 is 0 Å². The lowest BCUT2D eigenvalue weighted by Crippen LogP contribution is -1.96. The maximum absolute atomic E-state index is 4.32. The van der Waals surface area contributed by atoms with E-state index in [0.29, 0.717) is 0 Å². The molecule has 2 heterocycles. The number of benzene rings is 1. The average Bonchev–Trinajstić information content (AvgIpc) is 2.74. The topological polar surface area (TPSA) is 17.8 Å². The Morgan fingerprint density at radius 2 is 1.88 bits per heavy atom. The van der Waals surface area contributed by atoms with Crippen molar-refractivity contribution in [2.75, 3.05) is 0 Å². The van der Waals surface area contributed by atoms with Crippen LogP contribution in [0.3, 0.4) is 0 Å². The molecule has 0 saturated heterocycles. The maximum Gasteiger partial charge on any atom is 0.0668 e. The summed E-state index contributed by atoms with van der Waals surface area (Å²) in [6, 6.07) is 14.6. The summed E-state index contributed by atoms with van der Waals surface area (Å²) in [5.41, 5.74) is 3.41. The van der Waals surface area contributed by atoms with Gasteiger partial charge in [-0.15, -0.1) is 0 Å². The summed E-state index contributed by atoms with van der Waals surface area (Å²) >= 11 is 0. The summed E-state index contributed by atoms with van der Waals surface area (Å²) in [4.78, 5) is 4.32. The molecule has 0 bridgehead atoms. The van der Waals surface area contributed by atoms with Crippen molar-refractivity contribution < 1.29 is 0 Å². The van der Waals surface area contributed by atoms with Crippen LogP contribution in [-0.2, 0) is 0 Å². The molecule has 2 nitrogen and oxygen atoms in total. The molecule has 0 radical (unpaired) electrons. The number of hydrogen-bond donors (Lipinski definition) is 0. The number of hydrogen-bond acceptors (Lipinski definition) is 1. The number of rotatable bonds is 1. The van der Waals surface area contributed by atoms with Crippen molar-refractivity contribution in [2.24, 2.45) is 0 Å². The van der Waals surface area contributed by atoms with E-state index in [4.69, 9.17) is 0 Å². The van der Waals surface area contributed by atoms with Gasteiger partial charge in [0.15, 0.2) is 0 Å². The zero-order valence-electron chi connectivity index (χ0n) is 9.09. The van der Waals surface area contributed by atoms with E-state index < -0.39 is 0 Å². The predicted octanol–water partition coefficient (Wildman–Crippen LogP) is 3.33. The minimum absolute atomic E-state index is 1.05. The third-order valence-corrected chi connectivity index (χ3v) is 2.84. The van der Waals surface area contributed by atoms with Gasteiger partial charge in [0.1, 0.15) is 0 Å². The summed E-state index contributed by atoms with van der Waals surface area (Å²) in [5, 5.41) is 1.26. The zero-order valence-corrected chi connectivity index (χ0v) is 9.09. The van der Waals surface area contributed by atoms with Crippen LogP contribution in [0.25, 0.3) is 16.6 Å².